The molecular formula is C13H19NO. The second-order valence-electron chi connectivity index (χ2n) is 3.98. The van der Waals surface area contributed by atoms with E-state index in [4.69, 9.17) is 4.74 Å². The fraction of sp³-hybridized carbons (Fsp3) is 0.538. The molecule has 2 heteroatoms. The molecule has 15 heavy (non-hydrogen) atoms. The number of hydrogen-bond donors (Lipinski definition) is 1. The van der Waals surface area contributed by atoms with Crippen LogP contribution in [-0.2, 0) is 4.74 Å². The van der Waals surface area contributed by atoms with Gasteiger partial charge >= 0.3 is 0 Å². The van der Waals surface area contributed by atoms with Crippen LogP contribution in [-0.4, -0.2) is 19.3 Å². The number of nitrogens with one attached hydrogen (secondary N) is 1. The Kier molecular flexibility index (Phi) is 3.27. The highest BCUT2D eigenvalue weighted by Gasteiger charge is 2.27. The summed E-state index contributed by atoms with van der Waals surface area (Å²) in [6.45, 7) is 6.03. The molecule has 1 N–H and O–H groups in total. The van der Waals surface area contributed by atoms with Crippen LogP contribution in [0.25, 0.3) is 0 Å². The normalized spacial score (nSPS) is 24.4. The first-order valence-corrected chi connectivity index (χ1v) is 5.81. The molecule has 0 bridgehead atoms. The Morgan fingerprint density at radius 1 is 1.33 bits per heavy atom. The van der Waals surface area contributed by atoms with E-state index in [0.717, 1.165) is 19.6 Å². The number of ether oxygens (including phenoxy) is 1. The summed E-state index contributed by atoms with van der Waals surface area (Å²) < 4.78 is 5.78. The maximum Gasteiger partial charge on any atom is 0.0816 e. The van der Waals surface area contributed by atoms with Crippen LogP contribution >= 0.6 is 0 Å². The Hall–Kier alpha value is -1.02. The molecule has 0 fully saturated rings. The fourth-order valence-corrected chi connectivity index (χ4v) is 2.41. The summed E-state index contributed by atoms with van der Waals surface area (Å²) in [5, 5.41) is 3.44. The molecule has 1 aliphatic rings. The number of benzene rings is 1. The van der Waals surface area contributed by atoms with Crippen molar-refractivity contribution >= 4 is 5.69 Å². The molecule has 0 aliphatic carbocycles. The lowest BCUT2D eigenvalue weighted by Crippen LogP contribution is -2.34. The highest BCUT2D eigenvalue weighted by molar-refractivity contribution is 5.55. The van der Waals surface area contributed by atoms with E-state index in [2.05, 4.69) is 43.4 Å². The average molecular weight is 205 g/mol. The van der Waals surface area contributed by atoms with Gasteiger partial charge in [0.15, 0.2) is 0 Å². The second kappa shape index (κ2) is 4.67. The lowest BCUT2D eigenvalue weighted by molar-refractivity contribution is 0.0483. The standard InChI is InChI=1S/C13H19NO/c1-3-10-11-7-5-6-8-12(11)14-9-13(10)15-4-2/h5-8,10,13-14H,3-4,9H2,1-2H3. The first-order valence-electron chi connectivity index (χ1n) is 5.81. The monoisotopic (exact) mass is 205 g/mol. The number of fused-ring (bicyclic) bond motifs is 1. The van der Waals surface area contributed by atoms with E-state index >= 15 is 0 Å². The third-order valence-corrected chi connectivity index (χ3v) is 3.12. The van der Waals surface area contributed by atoms with Crippen LogP contribution in [0.3, 0.4) is 0 Å². The Morgan fingerprint density at radius 3 is 2.87 bits per heavy atom. The minimum Gasteiger partial charge on any atom is -0.382 e. The van der Waals surface area contributed by atoms with Crippen molar-refractivity contribution in [3.8, 4) is 0 Å². The maximum atomic E-state index is 5.78. The highest BCUT2D eigenvalue weighted by atomic mass is 16.5. The molecule has 1 heterocycles. The number of para-hydroxylation sites is 1. The van der Waals surface area contributed by atoms with Crippen molar-refractivity contribution in [1.82, 2.24) is 0 Å². The first-order chi connectivity index (χ1) is 7.36. The van der Waals surface area contributed by atoms with Crippen LogP contribution in [0.15, 0.2) is 24.3 Å². The molecule has 0 spiro atoms. The molecule has 2 nitrogen and oxygen atoms in total. The lowest BCUT2D eigenvalue weighted by atomic mass is 9.87. The summed E-state index contributed by atoms with van der Waals surface area (Å²) in [7, 11) is 0. The zero-order valence-corrected chi connectivity index (χ0v) is 9.49. The van der Waals surface area contributed by atoms with Gasteiger partial charge in [-0.1, -0.05) is 25.1 Å². The average Bonchev–Trinajstić information content (AvgIpc) is 2.29. The van der Waals surface area contributed by atoms with Crippen LogP contribution in [0.5, 0.6) is 0 Å². The summed E-state index contributed by atoms with van der Waals surface area (Å²) >= 11 is 0. The van der Waals surface area contributed by atoms with Crippen molar-refractivity contribution in [2.45, 2.75) is 32.3 Å². The number of rotatable bonds is 3. The summed E-state index contributed by atoms with van der Waals surface area (Å²) in [4.78, 5) is 0. The predicted octanol–water partition coefficient (Wildman–Crippen LogP) is 3.01. The molecule has 0 saturated carbocycles. The van der Waals surface area contributed by atoms with E-state index in [1.807, 2.05) is 0 Å². The van der Waals surface area contributed by atoms with Crippen LogP contribution < -0.4 is 5.32 Å². The van der Waals surface area contributed by atoms with E-state index in [0.29, 0.717) is 12.0 Å². The zero-order chi connectivity index (χ0) is 10.7. The molecule has 0 radical (unpaired) electrons. The van der Waals surface area contributed by atoms with Crippen LogP contribution in [0.4, 0.5) is 5.69 Å². The number of hydrogen-bond acceptors (Lipinski definition) is 2. The third kappa shape index (κ3) is 2.00. The lowest BCUT2D eigenvalue weighted by Gasteiger charge is -2.33. The second-order valence-corrected chi connectivity index (χ2v) is 3.98. The SMILES string of the molecule is CCOC1CNc2ccccc2C1CC. The van der Waals surface area contributed by atoms with Crippen molar-refractivity contribution in [2.24, 2.45) is 0 Å². The summed E-state index contributed by atoms with van der Waals surface area (Å²) in [6.07, 6.45) is 1.47. The fourth-order valence-electron chi connectivity index (χ4n) is 2.41. The smallest absolute Gasteiger partial charge is 0.0816 e. The quantitative estimate of drug-likeness (QED) is 0.819. The predicted molar refractivity (Wildman–Crippen MR) is 63.4 cm³/mol. The minimum atomic E-state index is 0.329. The van der Waals surface area contributed by atoms with Gasteiger partial charge < -0.3 is 10.1 Å². The van der Waals surface area contributed by atoms with Gasteiger partial charge in [0.2, 0.25) is 0 Å². The third-order valence-electron chi connectivity index (χ3n) is 3.12. The first kappa shape index (κ1) is 10.5. The minimum absolute atomic E-state index is 0.329. The van der Waals surface area contributed by atoms with E-state index < -0.39 is 0 Å². The van der Waals surface area contributed by atoms with Gasteiger partial charge in [-0.15, -0.1) is 0 Å². The summed E-state index contributed by atoms with van der Waals surface area (Å²) in [5.74, 6) is 0.544. The van der Waals surface area contributed by atoms with Gasteiger partial charge in [-0.25, -0.2) is 0 Å². The number of anilines is 1. The highest BCUT2D eigenvalue weighted by Crippen LogP contribution is 2.34. The molecule has 2 rings (SSSR count). The Morgan fingerprint density at radius 2 is 2.13 bits per heavy atom. The van der Waals surface area contributed by atoms with Gasteiger partial charge in [0.05, 0.1) is 6.10 Å². The largest absolute Gasteiger partial charge is 0.382 e. The van der Waals surface area contributed by atoms with Crippen molar-refractivity contribution in [3.05, 3.63) is 29.8 Å². The summed E-state index contributed by atoms with van der Waals surface area (Å²) in [6, 6.07) is 8.55. The molecular weight excluding hydrogens is 186 g/mol. The molecule has 1 aromatic carbocycles. The van der Waals surface area contributed by atoms with E-state index in [1.54, 1.807) is 0 Å². The topological polar surface area (TPSA) is 21.3 Å². The van der Waals surface area contributed by atoms with Gasteiger partial charge in [0.25, 0.3) is 0 Å². The molecule has 0 aromatic heterocycles. The van der Waals surface area contributed by atoms with Crippen molar-refractivity contribution in [1.29, 1.82) is 0 Å². The Labute approximate surface area is 91.6 Å². The van der Waals surface area contributed by atoms with Gasteiger partial charge in [-0.3, -0.25) is 0 Å². The van der Waals surface area contributed by atoms with Gasteiger partial charge in [-0.05, 0) is 25.0 Å². The Balaban J connectivity index is 2.26. The van der Waals surface area contributed by atoms with Gasteiger partial charge in [0.1, 0.15) is 0 Å². The molecule has 1 aliphatic heterocycles. The van der Waals surface area contributed by atoms with Crippen LogP contribution in [0.1, 0.15) is 31.7 Å². The molecule has 2 atom stereocenters. The molecule has 0 saturated heterocycles. The van der Waals surface area contributed by atoms with Crippen LogP contribution in [0.2, 0.25) is 0 Å². The zero-order valence-electron chi connectivity index (χ0n) is 9.49. The molecule has 2 unspecified atom stereocenters. The molecule has 82 valence electrons. The van der Waals surface area contributed by atoms with Crippen molar-refractivity contribution < 1.29 is 4.74 Å². The van der Waals surface area contributed by atoms with Gasteiger partial charge in [0, 0.05) is 24.8 Å². The van der Waals surface area contributed by atoms with E-state index in [9.17, 15) is 0 Å². The Bertz CT molecular complexity index is 324. The van der Waals surface area contributed by atoms with Crippen molar-refractivity contribution in [3.63, 3.8) is 0 Å². The molecule has 0 amide bonds. The summed E-state index contributed by atoms with van der Waals surface area (Å²) in [5.41, 5.74) is 2.69. The maximum absolute atomic E-state index is 5.78. The van der Waals surface area contributed by atoms with E-state index in [-0.39, 0.29) is 0 Å². The van der Waals surface area contributed by atoms with Crippen LogP contribution in [0, 0.1) is 0 Å². The van der Waals surface area contributed by atoms with E-state index in [1.165, 1.54) is 11.3 Å². The molecule has 1 aromatic rings. The van der Waals surface area contributed by atoms with Crippen molar-refractivity contribution in [2.75, 3.05) is 18.5 Å². The van der Waals surface area contributed by atoms with Gasteiger partial charge in [-0.2, -0.15) is 0 Å².